The van der Waals surface area contributed by atoms with E-state index in [1.165, 1.54) is 43.2 Å². The summed E-state index contributed by atoms with van der Waals surface area (Å²) in [5.74, 6) is 1.18. The van der Waals surface area contributed by atoms with Gasteiger partial charge in [0.05, 0.1) is 6.54 Å². The predicted octanol–water partition coefficient (Wildman–Crippen LogP) is 3.20. The molecule has 1 saturated carbocycles. The molecule has 1 aliphatic heterocycles. The standard InChI is InChI=1S/C21H32N4O/c1-2-22-21(24-19-11-4-3-5-12-19)23-15-17-9-6-7-10-18(17)16-25-14-8-13-20(25)26/h6-7,9-10,19H,2-5,8,11-16H2,1H3,(H2,22,23,24). The van der Waals surface area contributed by atoms with Gasteiger partial charge in [0.1, 0.15) is 0 Å². The first-order chi connectivity index (χ1) is 12.8. The van der Waals surface area contributed by atoms with Crippen molar-refractivity contribution in [2.24, 2.45) is 4.99 Å². The molecule has 1 aromatic rings. The van der Waals surface area contributed by atoms with Gasteiger partial charge in [0.2, 0.25) is 5.91 Å². The lowest BCUT2D eigenvalue weighted by Crippen LogP contribution is -2.44. The van der Waals surface area contributed by atoms with Gasteiger partial charge < -0.3 is 15.5 Å². The number of hydrogen-bond donors (Lipinski definition) is 2. The Hall–Kier alpha value is -2.04. The van der Waals surface area contributed by atoms with E-state index in [1.807, 2.05) is 4.90 Å². The van der Waals surface area contributed by atoms with Crippen molar-refractivity contribution in [3.63, 3.8) is 0 Å². The van der Waals surface area contributed by atoms with Crippen molar-refractivity contribution >= 4 is 11.9 Å². The normalized spacial score (nSPS) is 19.0. The summed E-state index contributed by atoms with van der Waals surface area (Å²) in [6.45, 7) is 5.19. The van der Waals surface area contributed by atoms with Gasteiger partial charge in [-0.2, -0.15) is 0 Å². The highest BCUT2D eigenvalue weighted by molar-refractivity contribution is 5.80. The van der Waals surface area contributed by atoms with Crippen LogP contribution in [0.15, 0.2) is 29.3 Å². The van der Waals surface area contributed by atoms with E-state index in [9.17, 15) is 4.79 Å². The van der Waals surface area contributed by atoms with E-state index in [4.69, 9.17) is 4.99 Å². The Labute approximate surface area is 157 Å². The van der Waals surface area contributed by atoms with Crippen molar-refractivity contribution in [3.8, 4) is 0 Å². The summed E-state index contributed by atoms with van der Waals surface area (Å²) in [7, 11) is 0. The molecule has 0 bridgehead atoms. The molecular weight excluding hydrogens is 324 g/mol. The van der Waals surface area contributed by atoms with Gasteiger partial charge in [-0.05, 0) is 37.3 Å². The number of likely N-dealkylation sites (tertiary alicyclic amines) is 1. The molecule has 0 unspecified atom stereocenters. The van der Waals surface area contributed by atoms with Gasteiger partial charge in [-0.15, -0.1) is 0 Å². The number of nitrogens with zero attached hydrogens (tertiary/aromatic N) is 2. The van der Waals surface area contributed by atoms with Crippen molar-refractivity contribution in [1.82, 2.24) is 15.5 Å². The number of carbonyl (C=O) groups excluding carboxylic acids is 1. The van der Waals surface area contributed by atoms with Gasteiger partial charge >= 0.3 is 0 Å². The molecule has 2 fully saturated rings. The fourth-order valence-electron chi connectivity index (χ4n) is 3.87. The lowest BCUT2D eigenvalue weighted by atomic mass is 9.96. The Kier molecular flexibility index (Phi) is 6.92. The first-order valence-corrected chi connectivity index (χ1v) is 10.2. The van der Waals surface area contributed by atoms with Crippen molar-refractivity contribution in [3.05, 3.63) is 35.4 Å². The molecule has 5 heteroatoms. The van der Waals surface area contributed by atoms with E-state index in [0.717, 1.165) is 25.5 Å². The summed E-state index contributed by atoms with van der Waals surface area (Å²) >= 11 is 0. The van der Waals surface area contributed by atoms with Crippen LogP contribution >= 0.6 is 0 Å². The fraction of sp³-hybridized carbons (Fsp3) is 0.619. The Bertz CT molecular complexity index is 622. The van der Waals surface area contributed by atoms with E-state index in [-0.39, 0.29) is 5.91 Å². The van der Waals surface area contributed by atoms with Gasteiger partial charge in [0.15, 0.2) is 5.96 Å². The Balaban J connectivity index is 1.65. The van der Waals surface area contributed by atoms with Gasteiger partial charge in [0.25, 0.3) is 0 Å². The maximum absolute atomic E-state index is 11.9. The van der Waals surface area contributed by atoms with Gasteiger partial charge in [-0.3, -0.25) is 4.79 Å². The number of guanidine groups is 1. The third-order valence-electron chi connectivity index (χ3n) is 5.35. The SMILES string of the molecule is CCNC(=NCc1ccccc1CN1CCCC1=O)NC1CCCCC1. The molecule has 5 nitrogen and oxygen atoms in total. The largest absolute Gasteiger partial charge is 0.357 e. The van der Waals surface area contributed by atoms with E-state index in [0.29, 0.717) is 25.6 Å². The van der Waals surface area contributed by atoms with Crippen molar-refractivity contribution < 1.29 is 4.79 Å². The van der Waals surface area contributed by atoms with E-state index in [1.54, 1.807) is 0 Å². The number of carbonyl (C=O) groups is 1. The molecule has 1 heterocycles. The first kappa shape index (κ1) is 18.7. The van der Waals surface area contributed by atoms with E-state index in [2.05, 4.69) is 41.8 Å². The Morgan fingerprint density at radius 2 is 1.92 bits per heavy atom. The summed E-state index contributed by atoms with van der Waals surface area (Å²) in [6, 6.07) is 8.90. The van der Waals surface area contributed by atoms with E-state index >= 15 is 0 Å². The number of rotatable bonds is 6. The molecule has 2 aliphatic rings. The molecule has 1 aromatic carbocycles. The fourth-order valence-corrected chi connectivity index (χ4v) is 3.87. The average molecular weight is 357 g/mol. The zero-order chi connectivity index (χ0) is 18.2. The van der Waals surface area contributed by atoms with Crippen LogP contribution in [0.25, 0.3) is 0 Å². The second-order valence-electron chi connectivity index (χ2n) is 7.36. The monoisotopic (exact) mass is 356 g/mol. The summed E-state index contributed by atoms with van der Waals surface area (Å²) in [6.07, 6.45) is 8.11. The quantitative estimate of drug-likeness (QED) is 0.608. The van der Waals surface area contributed by atoms with Crippen molar-refractivity contribution in [2.45, 2.75) is 71.0 Å². The highest BCUT2D eigenvalue weighted by Gasteiger charge is 2.21. The van der Waals surface area contributed by atoms with Crippen LogP contribution < -0.4 is 10.6 Å². The molecule has 0 radical (unpaired) electrons. The van der Waals surface area contributed by atoms with Gasteiger partial charge in [0, 0.05) is 32.1 Å². The number of nitrogens with one attached hydrogen (secondary N) is 2. The molecule has 142 valence electrons. The van der Waals surface area contributed by atoms with Crippen LogP contribution in [-0.4, -0.2) is 35.9 Å². The number of hydrogen-bond acceptors (Lipinski definition) is 2. The van der Waals surface area contributed by atoms with Crippen LogP contribution in [0.3, 0.4) is 0 Å². The molecule has 3 rings (SSSR count). The number of benzene rings is 1. The first-order valence-electron chi connectivity index (χ1n) is 10.2. The summed E-state index contributed by atoms with van der Waals surface area (Å²) in [4.78, 5) is 18.7. The topological polar surface area (TPSA) is 56.7 Å². The summed E-state index contributed by atoms with van der Waals surface area (Å²) in [5, 5.41) is 6.98. The van der Waals surface area contributed by atoms with Crippen LogP contribution in [0, 0.1) is 0 Å². The molecule has 2 N–H and O–H groups in total. The molecular formula is C21H32N4O. The number of amides is 1. The van der Waals surface area contributed by atoms with Crippen molar-refractivity contribution in [2.75, 3.05) is 13.1 Å². The minimum Gasteiger partial charge on any atom is -0.357 e. The van der Waals surface area contributed by atoms with Crippen LogP contribution in [0.4, 0.5) is 0 Å². The third kappa shape index (κ3) is 5.23. The number of aliphatic imine (C=N–C) groups is 1. The van der Waals surface area contributed by atoms with Crippen molar-refractivity contribution in [1.29, 1.82) is 0 Å². The predicted molar refractivity (Wildman–Crippen MR) is 106 cm³/mol. The molecule has 1 aliphatic carbocycles. The second kappa shape index (κ2) is 9.60. The highest BCUT2D eigenvalue weighted by atomic mass is 16.2. The zero-order valence-electron chi connectivity index (χ0n) is 16.0. The lowest BCUT2D eigenvalue weighted by Gasteiger charge is -2.25. The molecule has 1 saturated heterocycles. The summed E-state index contributed by atoms with van der Waals surface area (Å²) in [5.41, 5.74) is 2.41. The molecule has 1 amide bonds. The molecule has 0 spiro atoms. The molecule has 0 aromatic heterocycles. The van der Waals surface area contributed by atoms with Crippen LogP contribution in [0.1, 0.15) is 63.0 Å². The van der Waals surface area contributed by atoms with Crippen LogP contribution in [0.2, 0.25) is 0 Å². The Morgan fingerprint density at radius 1 is 1.15 bits per heavy atom. The molecule has 0 atom stereocenters. The van der Waals surface area contributed by atoms with Gasteiger partial charge in [-0.1, -0.05) is 43.5 Å². The minimum atomic E-state index is 0.274. The average Bonchev–Trinajstić information content (AvgIpc) is 3.06. The van der Waals surface area contributed by atoms with Crippen LogP contribution in [-0.2, 0) is 17.9 Å². The Morgan fingerprint density at radius 3 is 2.62 bits per heavy atom. The smallest absolute Gasteiger partial charge is 0.222 e. The second-order valence-corrected chi connectivity index (χ2v) is 7.36. The maximum Gasteiger partial charge on any atom is 0.222 e. The maximum atomic E-state index is 11.9. The van der Waals surface area contributed by atoms with Gasteiger partial charge in [-0.25, -0.2) is 4.99 Å². The minimum absolute atomic E-state index is 0.274. The lowest BCUT2D eigenvalue weighted by molar-refractivity contribution is -0.128. The third-order valence-corrected chi connectivity index (χ3v) is 5.35. The summed E-state index contributed by atoms with van der Waals surface area (Å²) < 4.78 is 0. The zero-order valence-corrected chi connectivity index (χ0v) is 16.0. The highest BCUT2D eigenvalue weighted by Crippen LogP contribution is 2.19. The van der Waals surface area contributed by atoms with E-state index < -0.39 is 0 Å². The van der Waals surface area contributed by atoms with Crippen LogP contribution in [0.5, 0.6) is 0 Å². The molecule has 26 heavy (non-hydrogen) atoms.